The van der Waals surface area contributed by atoms with Gasteiger partial charge in [-0.1, -0.05) is 36.4 Å². The number of nitrogens with zero attached hydrogens (tertiary/aromatic N) is 1. The van der Waals surface area contributed by atoms with Crippen LogP contribution in [0.3, 0.4) is 0 Å². The van der Waals surface area contributed by atoms with E-state index >= 15 is 0 Å². The number of aryl methyl sites for hydroxylation is 1. The topological polar surface area (TPSA) is 36.8 Å². The first-order valence-corrected chi connectivity index (χ1v) is 9.22. The highest BCUT2D eigenvalue weighted by atomic mass is 19.1. The SMILES string of the molecule is Cc1ccc(N[C@@H](C)C(=O)N2CC[NH+](Cc3ccccc3)CC2)cc1F. The highest BCUT2D eigenvalue weighted by Crippen LogP contribution is 2.15. The van der Waals surface area contributed by atoms with Crippen molar-refractivity contribution in [2.24, 2.45) is 0 Å². The van der Waals surface area contributed by atoms with Crippen LogP contribution in [0, 0.1) is 12.7 Å². The van der Waals surface area contributed by atoms with Crippen molar-refractivity contribution in [1.82, 2.24) is 4.90 Å². The zero-order valence-corrected chi connectivity index (χ0v) is 15.5. The average Bonchev–Trinajstić information content (AvgIpc) is 2.65. The second kappa shape index (κ2) is 8.32. The molecule has 4 nitrogen and oxygen atoms in total. The van der Waals surface area contributed by atoms with Gasteiger partial charge in [0.05, 0.1) is 26.2 Å². The van der Waals surface area contributed by atoms with E-state index in [0.717, 1.165) is 32.7 Å². The number of rotatable bonds is 5. The molecular formula is C21H27FN3O+. The summed E-state index contributed by atoms with van der Waals surface area (Å²) in [5.41, 5.74) is 2.58. The summed E-state index contributed by atoms with van der Waals surface area (Å²) < 4.78 is 13.7. The fraction of sp³-hybridized carbons (Fsp3) is 0.381. The van der Waals surface area contributed by atoms with Crippen LogP contribution in [-0.2, 0) is 11.3 Å². The first-order valence-electron chi connectivity index (χ1n) is 9.22. The van der Waals surface area contributed by atoms with Gasteiger partial charge in [-0.25, -0.2) is 4.39 Å². The van der Waals surface area contributed by atoms with Crippen molar-refractivity contribution >= 4 is 11.6 Å². The van der Waals surface area contributed by atoms with E-state index in [1.807, 2.05) is 24.0 Å². The number of piperazine rings is 1. The Morgan fingerprint density at radius 3 is 2.54 bits per heavy atom. The van der Waals surface area contributed by atoms with E-state index in [2.05, 4.69) is 29.6 Å². The molecule has 1 aliphatic heterocycles. The number of halogens is 1. The molecule has 1 atom stereocenters. The number of nitrogens with one attached hydrogen (secondary N) is 2. The highest BCUT2D eigenvalue weighted by Gasteiger charge is 2.26. The van der Waals surface area contributed by atoms with E-state index in [9.17, 15) is 9.18 Å². The highest BCUT2D eigenvalue weighted by molar-refractivity contribution is 5.84. The normalized spacial score (nSPS) is 16.3. The lowest BCUT2D eigenvalue weighted by molar-refractivity contribution is -0.917. The first-order chi connectivity index (χ1) is 12.5. The lowest BCUT2D eigenvalue weighted by atomic mass is 10.1. The number of quaternary nitrogens is 1. The van der Waals surface area contributed by atoms with E-state index in [4.69, 9.17) is 0 Å². The molecule has 0 unspecified atom stereocenters. The van der Waals surface area contributed by atoms with Gasteiger partial charge in [0.1, 0.15) is 18.4 Å². The van der Waals surface area contributed by atoms with E-state index in [1.165, 1.54) is 16.5 Å². The molecule has 0 spiro atoms. The Balaban J connectivity index is 1.50. The molecule has 1 fully saturated rings. The van der Waals surface area contributed by atoms with Gasteiger partial charge in [-0.2, -0.15) is 0 Å². The van der Waals surface area contributed by atoms with Gasteiger partial charge < -0.3 is 15.1 Å². The largest absolute Gasteiger partial charge is 0.374 e. The van der Waals surface area contributed by atoms with E-state index < -0.39 is 0 Å². The number of hydrogen-bond acceptors (Lipinski definition) is 2. The van der Waals surface area contributed by atoms with Crippen molar-refractivity contribution in [3.05, 3.63) is 65.5 Å². The smallest absolute Gasteiger partial charge is 0.245 e. The van der Waals surface area contributed by atoms with E-state index in [0.29, 0.717) is 11.3 Å². The Labute approximate surface area is 154 Å². The zero-order valence-electron chi connectivity index (χ0n) is 15.5. The number of carbonyl (C=O) groups is 1. The van der Waals surface area contributed by atoms with Crippen LogP contribution in [0.4, 0.5) is 10.1 Å². The number of hydrogen-bond donors (Lipinski definition) is 2. The summed E-state index contributed by atoms with van der Waals surface area (Å²) in [5.74, 6) is -0.183. The van der Waals surface area contributed by atoms with Gasteiger partial charge in [-0.15, -0.1) is 0 Å². The Hall–Kier alpha value is -2.40. The van der Waals surface area contributed by atoms with Crippen molar-refractivity contribution in [3.63, 3.8) is 0 Å². The van der Waals surface area contributed by atoms with Crippen LogP contribution in [0.25, 0.3) is 0 Å². The third kappa shape index (κ3) is 4.61. The van der Waals surface area contributed by atoms with Crippen LogP contribution < -0.4 is 10.2 Å². The summed E-state index contributed by atoms with van der Waals surface area (Å²) in [7, 11) is 0. The molecule has 0 aliphatic carbocycles. The maximum absolute atomic E-state index is 13.7. The summed E-state index contributed by atoms with van der Waals surface area (Å²) in [6.07, 6.45) is 0. The molecular weight excluding hydrogens is 329 g/mol. The molecule has 0 saturated carbocycles. The Bertz CT molecular complexity index is 742. The third-order valence-electron chi connectivity index (χ3n) is 5.00. The summed E-state index contributed by atoms with van der Waals surface area (Å²) in [6, 6.07) is 15.1. The molecule has 1 saturated heterocycles. The predicted molar refractivity (Wildman–Crippen MR) is 102 cm³/mol. The second-order valence-electron chi connectivity index (χ2n) is 7.07. The number of carbonyl (C=O) groups excluding carboxylic acids is 1. The van der Waals surface area contributed by atoms with Crippen molar-refractivity contribution < 1.29 is 14.1 Å². The molecule has 0 radical (unpaired) electrons. The lowest BCUT2D eigenvalue weighted by Crippen LogP contribution is -3.13. The molecule has 3 rings (SSSR count). The van der Waals surface area contributed by atoms with Gasteiger partial charge in [-0.05, 0) is 31.5 Å². The quantitative estimate of drug-likeness (QED) is 0.858. The van der Waals surface area contributed by atoms with Gasteiger partial charge in [0.2, 0.25) is 5.91 Å². The number of anilines is 1. The fourth-order valence-electron chi connectivity index (χ4n) is 3.37. The van der Waals surface area contributed by atoms with Crippen molar-refractivity contribution in [3.8, 4) is 0 Å². The lowest BCUT2D eigenvalue weighted by Gasteiger charge is -2.34. The van der Waals surface area contributed by atoms with Crippen LogP contribution in [0.2, 0.25) is 0 Å². The van der Waals surface area contributed by atoms with Gasteiger partial charge in [-0.3, -0.25) is 4.79 Å². The molecule has 26 heavy (non-hydrogen) atoms. The third-order valence-corrected chi connectivity index (χ3v) is 5.00. The van der Waals surface area contributed by atoms with Crippen LogP contribution >= 0.6 is 0 Å². The van der Waals surface area contributed by atoms with Crippen molar-refractivity contribution in [2.75, 3.05) is 31.5 Å². The molecule has 1 amide bonds. The monoisotopic (exact) mass is 356 g/mol. The van der Waals surface area contributed by atoms with Gasteiger partial charge in [0.15, 0.2) is 0 Å². The summed E-state index contributed by atoms with van der Waals surface area (Å²) >= 11 is 0. The summed E-state index contributed by atoms with van der Waals surface area (Å²) in [6.45, 7) is 7.98. The minimum absolute atomic E-state index is 0.0738. The molecule has 2 aromatic carbocycles. The minimum atomic E-state index is -0.368. The van der Waals surface area contributed by atoms with Gasteiger partial charge in [0, 0.05) is 11.3 Å². The van der Waals surface area contributed by atoms with E-state index in [1.54, 1.807) is 13.0 Å². The molecule has 1 heterocycles. The summed E-state index contributed by atoms with van der Waals surface area (Å²) in [4.78, 5) is 16.1. The maximum atomic E-state index is 13.7. The molecule has 2 N–H and O–H groups in total. The predicted octanol–water partition coefficient (Wildman–Crippen LogP) is 1.86. The molecule has 138 valence electrons. The molecule has 5 heteroatoms. The number of amides is 1. The Morgan fingerprint density at radius 2 is 1.88 bits per heavy atom. The fourth-order valence-corrected chi connectivity index (χ4v) is 3.37. The zero-order chi connectivity index (χ0) is 18.5. The van der Waals surface area contributed by atoms with Crippen LogP contribution in [0.15, 0.2) is 48.5 Å². The van der Waals surface area contributed by atoms with Crippen molar-refractivity contribution in [2.45, 2.75) is 26.4 Å². The molecule has 1 aliphatic rings. The minimum Gasteiger partial charge on any atom is -0.374 e. The Morgan fingerprint density at radius 1 is 1.19 bits per heavy atom. The average molecular weight is 356 g/mol. The standard InChI is InChI=1S/C21H26FN3O/c1-16-8-9-19(14-20(16)22)23-17(2)21(26)25-12-10-24(11-13-25)15-18-6-4-3-5-7-18/h3-9,14,17,23H,10-13,15H2,1-2H3/p+1/t17-/m0/s1. The Kier molecular flexibility index (Phi) is 5.89. The van der Waals surface area contributed by atoms with Crippen molar-refractivity contribution in [1.29, 1.82) is 0 Å². The second-order valence-corrected chi connectivity index (χ2v) is 7.07. The molecule has 0 bridgehead atoms. The van der Waals surface area contributed by atoms with Crippen LogP contribution in [0.5, 0.6) is 0 Å². The molecule has 2 aromatic rings. The van der Waals surface area contributed by atoms with Gasteiger partial charge >= 0.3 is 0 Å². The van der Waals surface area contributed by atoms with Crippen LogP contribution in [0.1, 0.15) is 18.1 Å². The van der Waals surface area contributed by atoms with Crippen LogP contribution in [-0.4, -0.2) is 43.0 Å². The first kappa shape index (κ1) is 18.4. The molecule has 0 aromatic heterocycles. The number of benzene rings is 2. The maximum Gasteiger partial charge on any atom is 0.245 e. The summed E-state index contributed by atoms with van der Waals surface area (Å²) in [5, 5.41) is 3.12. The van der Waals surface area contributed by atoms with Gasteiger partial charge in [0.25, 0.3) is 0 Å². The van der Waals surface area contributed by atoms with E-state index in [-0.39, 0.29) is 17.8 Å².